The number of halogens is 1. The van der Waals surface area contributed by atoms with Gasteiger partial charge in [-0.15, -0.1) is 0 Å². The number of aromatic nitrogens is 1. The molecule has 0 unspecified atom stereocenters. The van der Waals surface area contributed by atoms with Crippen LogP contribution in [0.3, 0.4) is 0 Å². The van der Waals surface area contributed by atoms with Gasteiger partial charge in [-0.05, 0) is 49.4 Å². The lowest BCUT2D eigenvalue weighted by molar-refractivity contribution is -0.130. The maximum Gasteiger partial charge on any atom is 0.352 e. The van der Waals surface area contributed by atoms with Gasteiger partial charge in [-0.2, -0.15) is 0 Å². The van der Waals surface area contributed by atoms with Crippen LogP contribution in [-0.4, -0.2) is 58.8 Å². The van der Waals surface area contributed by atoms with E-state index in [1.807, 2.05) is 24.3 Å². The van der Waals surface area contributed by atoms with E-state index in [4.69, 9.17) is 11.6 Å². The molecule has 1 saturated heterocycles. The third kappa shape index (κ3) is 4.27. The van der Waals surface area contributed by atoms with E-state index in [2.05, 4.69) is 9.88 Å². The van der Waals surface area contributed by atoms with Crippen molar-refractivity contribution in [2.45, 2.75) is 13.3 Å². The highest BCUT2D eigenvalue weighted by Crippen LogP contribution is 2.27. The highest BCUT2D eigenvalue weighted by atomic mass is 35.5. The van der Waals surface area contributed by atoms with Crippen molar-refractivity contribution < 1.29 is 19.5 Å². The molecule has 4 rings (SSSR count). The van der Waals surface area contributed by atoms with E-state index in [9.17, 15) is 19.5 Å². The fourth-order valence-corrected chi connectivity index (χ4v) is 4.14. The summed E-state index contributed by atoms with van der Waals surface area (Å²) in [7, 11) is 0. The minimum atomic E-state index is -1.10. The first-order valence-corrected chi connectivity index (χ1v) is 10.4. The molecule has 0 spiro atoms. The minimum Gasteiger partial charge on any atom is -0.477 e. The number of piperazine rings is 1. The maximum absolute atomic E-state index is 13.0. The average Bonchev–Trinajstić information content (AvgIpc) is 3.11. The van der Waals surface area contributed by atoms with E-state index in [0.29, 0.717) is 53.2 Å². The number of Topliss-reactive ketones (excluding diaryl/α,β-unsaturated/α-hetero) is 1. The number of fused-ring (bicyclic) bond motifs is 1. The van der Waals surface area contributed by atoms with Crippen molar-refractivity contribution in [3.05, 3.63) is 64.3 Å². The van der Waals surface area contributed by atoms with Crippen LogP contribution in [-0.2, 0) is 11.2 Å². The predicted molar refractivity (Wildman–Crippen MR) is 119 cm³/mol. The number of rotatable bonds is 5. The van der Waals surface area contributed by atoms with Crippen molar-refractivity contribution in [3.8, 4) is 0 Å². The number of carboxylic acids is 1. The summed E-state index contributed by atoms with van der Waals surface area (Å²) in [4.78, 5) is 42.9. The van der Waals surface area contributed by atoms with Gasteiger partial charge in [-0.25, -0.2) is 4.79 Å². The quantitative estimate of drug-likeness (QED) is 0.592. The number of ketones is 1. The molecule has 0 saturated carbocycles. The molecule has 2 aromatic carbocycles. The van der Waals surface area contributed by atoms with Crippen LogP contribution >= 0.6 is 11.6 Å². The number of carboxylic acid groups (broad SMARTS) is 1. The van der Waals surface area contributed by atoms with E-state index in [-0.39, 0.29) is 23.8 Å². The standard InChI is InChI=1S/C23H22ClN3O4/c1-14(28)15-2-5-17(6-3-15)26-8-10-27(11-9-26)21(29)13-19-18-12-16(24)4-7-20(18)25-22(19)23(30)31/h2-7,12,25H,8-11,13H2,1H3,(H,30,31). The number of nitrogens with one attached hydrogen (secondary N) is 1. The second-order valence-electron chi connectivity index (χ2n) is 7.62. The van der Waals surface area contributed by atoms with Crippen molar-refractivity contribution in [2.75, 3.05) is 31.1 Å². The molecule has 1 amide bonds. The van der Waals surface area contributed by atoms with Gasteiger partial charge in [0.1, 0.15) is 5.69 Å². The summed E-state index contributed by atoms with van der Waals surface area (Å²) in [5.41, 5.74) is 2.80. The fraction of sp³-hybridized carbons (Fsp3) is 0.261. The molecule has 0 radical (unpaired) electrons. The molecule has 0 aliphatic carbocycles. The van der Waals surface area contributed by atoms with E-state index < -0.39 is 5.97 Å². The lowest BCUT2D eigenvalue weighted by Gasteiger charge is -2.36. The molecule has 160 valence electrons. The number of H-pyrrole nitrogens is 1. The van der Waals surface area contributed by atoms with E-state index >= 15 is 0 Å². The normalized spacial score (nSPS) is 14.1. The van der Waals surface area contributed by atoms with Crippen molar-refractivity contribution in [1.82, 2.24) is 9.88 Å². The van der Waals surface area contributed by atoms with Crippen LogP contribution in [0.4, 0.5) is 5.69 Å². The number of hydrogen-bond acceptors (Lipinski definition) is 4. The van der Waals surface area contributed by atoms with Gasteiger partial charge in [-0.1, -0.05) is 11.6 Å². The van der Waals surface area contributed by atoms with Gasteiger partial charge in [0.2, 0.25) is 5.91 Å². The number of hydrogen-bond donors (Lipinski definition) is 2. The molecule has 1 aliphatic rings. The minimum absolute atomic E-state index is 0.00468. The molecule has 1 aliphatic heterocycles. The van der Waals surface area contributed by atoms with E-state index in [0.717, 1.165) is 5.69 Å². The lowest BCUT2D eigenvalue weighted by Crippen LogP contribution is -2.49. The third-order valence-corrected chi connectivity index (χ3v) is 5.92. The van der Waals surface area contributed by atoms with Crippen LogP contribution in [0, 0.1) is 0 Å². The molecule has 2 heterocycles. The predicted octanol–water partition coefficient (Wildman–Crippen LogP) is 3.61. The first kappa shape index (κ1) is 20.9. The highest BCUT2D eigenvalue weighted by Gasteiger charge is 2.25. The summed E-state index contributed by atoms with van der Waals surface area (Å²) in [5.74, 6) is -1.19. The van der Waals surface area contributed by atoms with Crippen LogP contribution in [0.1, 0.15) is 33.3 Å². The molecule has 0 atom stereocenters. The second-order valence-corrected chi connectivity index (χ2v) is 8.06. The van der Waals surface area contributed by atoms with Gasteiger partial charge in [0.25, 0.3) is 0 Å². The Morgan fingerprint density at radius 1 is 1.03 bits per heavy atom. The zero-order chi connectivity index (χ0) is 22.1. The van der Waals surface area contributed by atoms with Crippen molar-refractivity contribution in [1.29, 1.82) is 0 Å². The van der Waals surface area contributed by atoms with Crippen LogP contribution < -0.4 is 4.90 Å². The molecule has 31 heavy (non-hydrogen) atoms. The van der Waals surface area contributed by atoms with Crippen LogP contribution in [0.5, 0.6) is 0 Å². The molecular formula is C23H22ClN3O4. The summed E-state index contributed by atoms with van der Waals surface area (Å²) in [5, 5.41) is 10.7. The Balaban J connectivity index is 1.46. The molecule has 1 fully saturated rings. The fourth-order valence-electron chi connectivity index (χ4n) is 3.97. The van der Waals surface area contributed by atoms with Gasteiger partial charge < -0.3 is 19.9 Å². The van der Waals surface area contributed by atoms with Crippen molar-refractivity contribution in [3.63, 3.8) is 0 Å². The zero-order valence-corrected chi connectivity index (χ0v) is 17.8. The number of nitrogens with zero attached hydrogens (tertiary/aromatic N) is 2. The molecule has 3 aromatic rings. The molecule has 8 heteroatoms. The van der Waals surface area contributed by atoms with Gasteiger partial charge in [0.05, 0.1) is 6.42 Å². The van der Waals surface area contributed by atoms with Crippen LogP contribution in [0.15, 0.2) is 42.5 Å². The Kier molecular flexibility index (Phi) is 5.69. The van der Waals surface area contributed by atoms with Gasteiger partial charge >= 0.3 is 5.97 Å². The lowest BCUT2D eigenvalue weighted by atomic mass is 10.1. The number of amides is 1. The number of benzene rings is 2. The summed E-state index contributed by atoms with van der Waals surface area (Å²) < 4.78 is 0. The second kappa shape index (κ2) is 8.43. The molecule has 2 N–H and O–H groups in total. The third-order valence-electron chi connectivity index (χ3n) is 5.68. The number of aromatic amines is 1. The monoisotopic (exact) mass is 439 g/mol. The van der Waals surface area contributed by atoms with E-state index in [1.165, 1.54) is 6.92 Å². The number of aromatic carboxylic acids is 1. The summed E-state index contributed by atoms with van der Waals surface area (Å²) in [6.07, 6.45) is -0.00468. The Morgan fingerprint density at radius 3 is 2.32 bits per heavy atom. The Morgan fingerprint density at radius 2 is 1.71 bits per heavy atom. The van der Waals surface area contributed by atoms with Crippen molar-refractivity contribution in [2.24, 2.45) is 0 Å². The first-order chi connectivity index (χ1) is 14.8. The highest BCUT2D eigenvalue weighted by molar-refractivity contribution is 6.31. The maximum atomic E-state index is 13.0. The summed E-state index contributed by atoms with van der Waals surface area (Å²) in [6, 6.07) is 12.5. The van der Waals surface area contributed by atoms with E-state index in [1.54, 1.807) is 23.1 Å². The molecule has 1 aromatic heterocycles. The SMILES string of the molecule is CC(=O)c1ccc(N2CCN(C(=O)Cc3c(C(=O)O)[nH]c4ccc(Cl)cc34)CC2)cc1. The molecule has 0 bridgehead atoms. The molecular weight excluding hydrogens is 418 g/mol. The van der Waals surface area contributed by atoms with Gasteiger partial charge in [0, 0.05) is 58.9 Å². The first-order valence-electron chi connectivity index (χ1n) is 10.0. The van der Waals surface area contributed by atoms with Crippen LogP contribution in [0.2, 0.25) is 5.02 Å². The Hall–Kier alpha value is -3.32. The van der Waals surface area contributed by atoms with Gasteiger partial charge in [-0.3, -0.25) is 9.59 Å². The van der Waals surface area contributed by atoms with Crippen molar-refractivity contribution >= 4 is 45.9 Å². The molecule has 7 nitrogen and oxygen atoms in total. The number of carbonyl (C=O) groups excluding carboxylic acids is 2. The topological polar surface area (TPSA) is 93.7 Å². The Labute approximate surface area is 184 Å². The summed E-state index contributed by atoms with van der Waals surface area (Å²) in [6.45, 7) is 3.95. The van der Waals surface area contributed by atoms with Crippen LogP contribution in [0.25, 0.3) is 10.9 Å². The number of anilines is 1. The average molecular weight is 440 g/mol. The Bertz CT molecular complexity index is 1160. The zero-order valence-electron chi connectivity index (χ0n) is 17.0. The summed E-state index contributed by atoms with van der Waals surface area (Å²) >= 11 is 6.09. The van der Waals surface area contributed by atoms with Gasteiger partial charge in [0.15, 0.2) is 5.78 Å². The number of carbonyl (C=O) groups is 3. The smallest absolute Gasteiger partial charge is 0.352 e. The largest absolute Gasteiger partial charge is 0.477 e.